The number of carbonyl (C=O) groups excluding carboxylic acids is 2. The van der Waals surface area contributed by atoms with Crippen LogP contribution in [0.5, 0.6) is 0 Å². The summed E-state index contributed by atoms with van der Waals surface area (Å²) in [4.78, 5) is 34.5. The van der Waals surface area contributed by atoms with Crippen molar-refractivity contribution in [2.24, 2.45) is 11.3 Å². The van der Waals surface area contributed by atoms with E-state index in [4.69, 9.17) is 9.84 Å². The Bertz CT molecular complexity index is 380. The summed E-state index contributed by atoms with van der Waals surface area (Å²) in [5.41, 5.74) is -0.992. The number of carbonyl (C=O) groups is 3. The van der Waals surface area contributed by atoms with Gasteiger partial charge in [-0.05, 0) is 33.2 Å². The number of aliphatic carboxylic acids is 1. The summed E-state index contributed by atoms with van der Waals surface area (Å²) >= 11 is 0. The summed E-state index contributed by atoms with van der Waals surface area (Å²) in [5.74, 6) is -1.94. The molecule has 1 amide bonds. The molecule has 0 saturated heterocycles. The molecule has 0 aliphatic carbocycles. The van der Waals surface area contributed by atoms with Crippen molar-refractivity contribution in [3.8, 4) is 0 Å². The van der Waals surface area contributed by atoms with Crippen molar-refractivity contribution in [1.29, 1.82) is 0 Å². The van der Waals surface area contributed by atoms with Gasteiger partial charge in [-0.3, -0.25) is 9.59 Å². The number of hydrogen-bond acceptors (Lipinski definition) is 5. The fourth-order valence-corrected chi connectivity index (χ4v) is 1.53. The van der Waals surface area contributed by atoms with Crippen LogP contribution in [0.25, 0.3) is 0 Å². The normalized spacial score (nSPS) is 12.9. The molecule has 0 aliphatic rings. The molecule has 7 heteroatoms. The maximum atomic E-state index is 12.1. The molecule has 21 heavy (non-hydrogen) atoms. The molecule has 0 rings (SSSR count). The Hall–Kier alpha value is -1.63. The van der Waals surface area contributed by atoms with Crippen LogP contribution in [0, 0.1) is 11.3 Å². The van der Waals surface area contributed by atoms with Crippen LogP contribution < -0.4 is 10.6 Å². The Balaban J connectivity index is 4.57. The minimum Gasteiger partial charge on any atom is -0.479 e. The van der Waals surface area contributed by atoms with Crippen LogP contribution >= 0.6 is 0 Å². The Morgan fingerprint density at radius 2 is 1.81 bits per heavy atom. The van der Waals surface area contributed by atoms with Crippen LogP contribution in [-0.4, -0.2) is 49.2 Å². The van der Waals surface area contributed by atoms with Gasteiger partial charge in [0.15, 0.2) is 6.10 Å². The first-order valence-corrected chi connectivity index (χ1v) is 6.95. The molecule has 0 aromatic carbocycles. The van der Waals surface area contributed by atoms with Crippen molar-refractivity contribution in [2.45, 2.75) is 40.2 Å². The van der Waals surface area contributed by atoms with E-state index < -0.39 is 23.5 Å². The van der Waals surface area contributed by atoms with Crippen molar-refractivity contribution in [3.05, 3.63) is 0 Å². The second-order valence-corrected chi connectivity index (χ2v) is 6.05. The highest BCUT2D eigenvalue weighted by Crippen LogP contribution is 2.19. The molecule has 122 valence electrons. The maximum Gasteiger partial charge on any atom is 0.345 e. The number of carboxylic acids is 1. The monoisotopic (exact) mass is 302 g/mol. The van der Waals surface area contributed by atoms with Crippen molar-refractivity contribution < 1.29 is 24.2 Å². The first-order chi connectivity index (χ1) is 9.60. The molecule has 0 aromatic heterocycles. The number of nitrogens with one attached hydrogen (secondary N) is 2. The van der Waals surface area contributed by atoms with Crippen LogP contribution in [0.4, 0.5) is 0 Å². The third-order valence-corrected chi connectivity index (χ3v) is 2.83. The SMILES string of the molecule is CNCC(=O)NCC(C)(C)C(=O)OC(CC(C)C)C(=O)O. The minimum atomic E-state index is -1.16. The number of likely N-dealkylation sites (N-methyl/N-ethyl adjacent to an activating group) is 1. The number of hydrogen-bond donors (Lipinski definition) is 3. The second-order valence-electron chi connectivity index (χ2n) is 6.05. The van der Waals surface area contributed by atoms with Crippen LogP contribution in [0.15, 0.2) is 0 Å². The Kier molecular flexibility index (Phi) is 7.94. The molecule has 0 radical (unpaired) electrons. The molecule has 0 aromatic rings. The fraction of sp³-hybridized carbons (Fsp3) is 0.786. The quantitative estimate of drug-likeness (QED) is 0.532. The molecule has 0 spiro atoms. The van der Waals surface area contributed by atoms with Crippen LogP contribution in [0.2, 0.25) is 0 Å². The van der Waals surface area contributed by atoms with E-state index in [2.05, 4.69) is 10.6 Å². The smallest absolute Gasteiger partial charge is 0.345 e. The van der Waals surface area contributed by atoms with Gasteiger partial charge in [0.2, 0.25) is 5.91 Å². The number of rotatable bonds is 9. The van der Waals surface area contributed by atoms with Gasteiger partial charge in [-0.2, -0.15) is 0 Å². The molecule has 1 unspecified atom stereocenters. The van der Waals surface area contributed by atoms with E-state index in [-0.39, 0.29) is 31.3 Å². The average Bonchev–Trinajstić information content (AvgIpc) is 2.35. The average molecular weight is 302 g/mol. The maximum absolute atomic E-state index is 12.1. The predicted molar refractivity (Wildman–Crippen MR) is 77.7 cm³/mol. The third-order valence-electron chi connectivity index (χ3n) is 2.83. The van der Waals surface area contributed by atoms with Crippen molar-refractivity contribution in [2.75, 3.05) is 20.1 Å². The van der Waals surface area contributed by atoms with Gasteiger partial charge in [0.05, 0.1) is 12.0 Å². The minimum absolute atomic E-state index is 0.0837. The lowest BCUT2D eigenvalue weighted by Crippen LogP contribution is -2.44. The number of carboxylic acid groups (broad SMARTS) is 1. The van der Waals surface area contributed by atoms with Gasteiger partial charge in [0.1, 0.15) is 0 Å². The number of esters is 1. The predicted octanol–water partition coefficient (Wildman–Crippen LogP) is 0.391. The Morgan fingerprint density at radius 3 is 2.24 bits per heavy atom. The van der Waals surface area contributed by atoms with Crippen molar-refractivity contribution in [3.63, 3.8) is 0 Å². The zero-order valence-electron chi connectivity index (χ0n) is 13.4. The van der Waals surface area contributed by atoms with Crippen LogP contribution in [0.1, 0.15) is 34.1 Å². The zero-order chi connectivity index (χ0) is 16.6. The Labute approximate surface area is 125 Å². The van der Waals surface area contributed by atoms with Gasteiger partial charge in [-0.1, -0.05) is 13.8 Å². The molecule has 3 N–H and O–H groups in total. The van der Waals surface area contributed by atoms with Gasteiger partial charge in [-0.15, -0.1) is 0 Å². The number of ether oxygens (including phenoxy) is 1. The van der Waals surface area contributed by atoms with Crippen LogP contribution in [0.3, 0.4) is 0 Å². The fourth-order valence-electron chi connectivity index (χ4n) is 1.53. The van der Waals surface area contributed by atoms with Crippen LogP contribution in [-0.2, 0) is 19.1 Å². The summed E-state index contributed by atoms with van der Waals surface area (Å²) < 4.78 is 5.07. The van der Waals surface area contributed by atoms with E-state index >= 15 is 0 Å². The van der Waals surface area contributed by atoms with E-state index in [1.807, 2.05) is 13.8 Å². The topological polar surface area (TPSA) is 105 Å². The molecule has 7 nitrogen and oxygen atoms in total. The van der Waals surface area contributed by atoms with E-state index in [1.165, 1.54) is 0 Å². The lowest BCUT2D eigenvalue weighted by atomic mass is 9.93. The molecule has 0 aliphatic heterocycles. The molecular formula is C14H26N2O5. The Morgan fingerprint density at radius 1 is 1.24 bits per heavy atom. The highest BCUT2D eigenvalue weighted by Gasteiger charge is 2.34. The number of amides is 1. The molecule has 1 atom stereocenters. The molecule has 0 bridgehead atoms. The third kappa shape index (κ3) is 7.65. The van der Waals surface area contributed by atoms with Crippen molar-refractivity contribution >= 4 is 17.8 Å². The summed E-state index contributed by atoms with van der Waals surface area (Å²) in [6.07, 6.45) is -0.909. The van der Waals surface area contributed by atoms with Gasteiger partial charge in [0.25, 0.3) is 0 Å². The van der Waals surface area contributed by atoms with E-state index in [9.17, 15) is 14.4 Å². The first-order valence-electron chi connectivity index (χ1n) is 6.95. The van der Waals surface area contributed by atoms with Gasteiger partial charge >= 0.3 is 11.9 Å². The summed E-state index contributed by atoms with van der Waals surface area (Å²) in [5, 5.41) is 14.4. The highest BCUT2D eigenvalue weighted by molar-refractivity contribution is 5.82. The molecule has 0 heterocycles. The standard InChI is InChI=1S/C14H26N2O5/c1-9(2)6-10(12(18)19)21-13(20)14(3,4)8-16-11(17)7-15-5/h9-10,15H,6-8H2,1-5H3,(H,16,17)(H,18,19). The van der Waals surface area contributed by atoms with E-state index in [0.717, 1.165) is 0 Å². The van der Waals surface area contributed by atoms with E-state index in [1.54, 1.807) is 20.9 Å². The molecule has 0 saturated carbocycles. The summed E-state index contributed by atoms with van der Waals surface area (Å²) in [6, 6.07) is 0. The molecule has 0 fully saturated rings. The van der Waals surface area contributed by atoms with Gasteiger partial charge in [-0.25, -0.2) is 4.79 Å². The van der Waals surface area contributed by atoms with Gasteiger partial charge < -0.3 is 20.5 Å². The summed E-state index contributed by atoms with van der Waals surface area (Å²) in [6.45, 7) is 7.14. The highest BCUT2D eigenvalue weighted by atomic mass is 16.6. The van der Waals surface area contributed by atoms with Crippen molar-refractivity contribution in [1.82, 2.24) is 10.6 Å². The first kappa shape index (κ1) is 19.4. The zero-order valence-corrected chi connectivity index (χ0v) is 13.4. The van der Waals surface area contributed by atoms with Gasteiger partial charge in [0, 0.05) is 6.54 Å². The largest absolute Gasteiger partial charge is 0.479 e. The summed E-state index contributed by atoms with van der Waals surface area (Å²) in [7, 11) is 1.64. The lowest BCUT2D eigenvalue weighted by Gasteiger charge is -2.25. The lowest BCUT2D eigenvalue weighted by molar-refractivity contribution is -0.171. The second kappa shape index (κ2) is 8.61. The van der Waals surface area contributed by atoms with E-state index in [0.29, 0.717) is 0 Å². The molecular weight excluding hydrogens is 276 g/mol.